The minimum Gasteiger partial charge on any atom is -0.448 e. The van der Waals surface area contributed by atoms with Crippen LogP contribution in [0, 0.1) is 0 Å². The van der Waals surface area contributed by atoms with E-state index < -0.39 is 5.78 Å². The van der Waals surface area contributed by atoms with E-state index in [1.54, 1.807) is 30.3 Å². The molecule has 0 atom stereocenters. The number of carbonyl (C=O) groups is 1. The number of hydrogen-bond donors (Lipinski definition) is 0. The summed E-state index contributed by atoms with van der Waals surface area (Å²) in [4.78, 5) is 27.8. The number of rotatable bonds is 6. The van der Waals surface area contributed by atoms with E-state index in [0.717, 1.165) is 18.9 Å². The molecule has 3 aromatic rings. The van der Waals surface area contributed by atoms with Gasteiger partial charge in [0.1, 0.15) is 5.76 Å². The Labute approximate surface area is 156 Å². The highest BCUT2D eigenvalue weighted by Crippen LogP contribution is 2.21. The van der Waals surface area contributed by atoms with Gasteiger partial charge in [0, 0.05) is 23.3 Å². The molecule has 0 bridgehead atoms. The molecule has 0 amide bonds. The van der Waals surface area contributed by atoms with E-state index >= 15 is 0 Å². The Hall–Kier alpha value is -3.56. The highest BCUT2D eigenvalue weighted by atomic mass is 16.3. The predicted molar refractivity (Wildman–Crippen MR) is 103 cm³/mol. The lowest BCUT2D eigenvalue weighted by Crippen LogP contribution is -2.19. The Bertz CT molecular complexity index is 1060. The fourth-order valence-electron chi connectivity index (χ4n) is 2.79. The van der Waals surface area contributed by atoms with Gasteiger partial charge in [0.05, 0.1) is 0 Å². The molecule has 0 saturated carbocycles. The molecule has 0 aliphatic rings. The average Bonchev–Trinajstić information content (AvgIpc) is 2.69. The smallest absolute Gasteiger partial charge is 0.404 e. The summed E-state index contributed by atoms with van der Waals surface area (Å²) in [5.74, 6) is -0.300. The maximum Gasteiger partial charge on any atom is 0.404 e. The Morgan fingerprint density at radius 2 is 1.74 bits per heavy atom. The second-order valence-electron chi connectivity index (χ2n) is 6.11. The van der Waals surface area contributed by atoms with Crippen LogP contribution in [-0.2, 0) is 6.42 Å². The summed E-state index contributed by atoms with van der Waals surface area (Å²) >= 11 is 0. The van der Waals surface area contributed by atoms with Crippen molar-refractivity contribution in [2.24, 2.45) is 0 Å². The molecule has 5 nitrogen and oxygen atoms in total. The fraction of sp³-hybridized carbons (Fsp3) is 0.136. The van der Waals surface area contributed by atoms with Gasteiger partial charge in [-0.2, -0.15) is 4.79 Å². The highest BCUT2D eigenvalue weighted by Gasteiger charge is 2.27. The minimum atomic E-state index is -0.531. The number of ketones is 1. The number of hydrogen-bond acceptors (Lipinski definition) is 3. The van der Waals surface area contributed by atoms with Crippen molar-refractivity contribution in [3.63, 3.8) is 0 Å². The lowest BCUT2D eigenvalue weighted by atomic mass is 10.0. The van der Waals surface area contributed by atoms with Crippen LogP contribution in [0.15, 0.2) is 75.9 Å². The molecular formula is C22H18N2O3. The lowest BCUT2D eigenvalue weighted by Gasteiger charge is -2.04. The predicted octanol–water partition coefficient (Wildman–Crippen LogP) is 4.16. The Balaban J connectivity index is 2.00. The van der Waals surface area contributed by atoms with Gasteiger partial charge in [0.15, 0.2) is 5.43 Å². The van der Waals surface area contributed by atoms with Gasteiger partial charge in [-0.15, -0.1) is 0 Å². The summed E-state index contributed by atoms with van der Waals surface area (Å²) in [7, 11) is 0. The van der Waals surface area contributed by atoms with Crippen molar-refractivity contribution in [2.45, 2.75) is 19.8 Å². The first-order valence-electron chi connectivity index (χ1n) is 8.69. The van der Waals surface area contributed by atoms with Crippen LogP contribution in [0.1, 0.15) is 35.0 Å². The molecule has 0 saturated heterocycles. The molecule has 0 aliphatic carbocycles. The zero-order chi connectivity index (χ0) is 19.2. The van der Waals surface area contributed by atoms with Crippen molar-refractivity contribution >= 4 is 11.5 Å². The normalized spacial score (nSPS) is 10.3. The van der Waals surface area contributed by atoms with Crippen LogP contribution < -0.4 is 5.43 Å². The van der Waals surface area contributed by atoms with E-state index in [0.29, 0.717) is 16.9 Å². The molecule has 0 radical (unpaired) electrons. The zero-order valence-electron chi connectivity index (χ0n) is 14.9. The summed E-state index contributed by atoms with van der Waals surface area (Å²) in [6.45, 7) is 2.11. The third-order valence-electron chi connectivity index (χ3n) is 4.13. The molecule has 5 heteroatoms. The molecule has 0 spiro atoms. The van der Waals surface area contributed by atoms with Crippen LogP contribution in [0.4, 0.5) is 0 Å². The van der Waals surface area contributed by atoms with Crippen LogP contribution in [0.5, 0.6) is 0 Å². The zero-order valence-corrected chi connectivity index (χ0v) is 14.9. The van der Waals surface area contributed by atoms with E-state index in [1.807, 2.05) is 24.3 Å². The second-order valence-corrected chi connectivity index (χ2v) is 6.11. The van der Waals surface area contributed by atoms with Crippen LogP contribution in [-0.4, -0.2) is 16.3 Å². The van der Waals surface area contributed by atoms with Gasteiger partial charge in [0.2, 0.25) is 5.76 Å². The van der Waals surface area contributed by atoms with Gasteiger partial charge in [-0.1, -0.05) is 67.9 Å². The van der Waals surface area contributed by atoms with E-state index in [-0.39, 0.29) is 16.9 Å². The lowest BCUT2D eigenvalue weighted by molar-refractivity contribution is -0.00669. The topological polar surface area (TPSA) is 83.7 Å². The van der Waals surface area contributed by atoms with E-state index in [2.05, 4.69) is 11.7 Å². The first-order valence-corrected chi connectivity index (χ1v) is 8.69. The largest absolute Gasteiger partial charge is 0.448 e. The van der Waals surface area contributed by atoms with Gasteiger partial charge in [-0.25, -0.2) is 0 Å². The standard InChI is InChI=1S/C22H18N2O3/c1-2-6-15-9-11-16(12-10-15)19-13-18(25)14-20(27-19)21(24-23)22(26)17-7-4-3-5-8-17/h3-5,7-14H,2,6H2,1H3. The molecule has 1 heterocycles. The maximum atomic E-state index is 12.6. The molecule has 2 aromatic carbocycles. The summed E-state index contributed by atoms with van der Waals surface area (Å²) < 4.78 is 5.73. The van der Waals surface area contributed by atoms with Crippen molar-refractivity contribution in [3.05, 3.63) is 99.4 Å². The van der Waals surface area contributed by atoms with Gasteiger partial charge in [-0.3, -0.25) is 9.59 Å². The molecule has 0 fully saturated rings. The first-order chi connectivity index (χ1) is 13.1. The van der Waals surface area contributed by atoms with Crippen molar-refractivity contribution in [2.75, 3.05) is 0 Å². The van der Waals surface area contributed by atoms with Crippen LogP contribution >= 0.6 is 0 Å². The molecule has 1 aromatic heterocycles. The number of nitrogens with zero attached hydrogens (tertiary/aromatic N) is 2. The van der Waals surface area contributed by atoms with Crippen molar-refractivity contribution in [1.29, 1.82) is 0 Å². The maximum absolute atomic E-state index is 12.6. The van der Waals surface area contributed by atoms with Gasteiger partial charge in [-0.05, 0) is 12.0 Å². The Morgan fingerprint density at radius 1 is 1.04 bits per heavy atom. The molecule has 0 unspecified atom stereocenters. The van der Waals surface area contributed by atoms with Crippen molar-refractivity contribution in [3.8, 4) is 11.3 Å². The van der Waals surface area contributed by atoms with Crippen molar-refractivity contribution in [1.82, 2.24) is 0 Å². The number of Topliss-reactive ketones (excluding diaryl/α,β-unsaturated/α-hetero) is 1. The molecule has 3 rings (SSSR count). The second kappa shape index (κ2) is 8.21. The molecule has 0 N–H and O–H groups in total. The van der Waals surface area contributed by atoms with Gasteiger partial charge >= 0.3 is 5.71 Å². The van der Waals surface area contributed by atoms with E-state index in [1.165, 1.54) is 11.6 Å². The Kier molecular flexibility index (Phi) is 5.55. The highest BCUT2D eigenvalue weighted by molar-refractivity contribution is 6.48. The summed E-state index contributed by atoms with van der Waals surface area (Å²) in [6, 6.07) is 18.5. The molecule has 27 heavy (non-hydrogen) atoms. The van der Waals surface area contributed by atoms with Crippen LogP contribution in [0.25, 0.3) is 16.9 Å². The van der Waals surface area contributed by atoms with Gasteiger partial charge < -0.3 is 9.95 Å². The first kappa shape index (κ1) is 18.2. The average molecular weight is 358 g/mol. The van der Waals surface area contributed by atoms with Crippen LogP contribution in [0.3, 0.4) is 0 Å². The SMILES string of the molecule is CCCc1ccc(-c2cc(=O)cc(C(=[N+]=[N-])C(=O)c3ccccc3)o2)cc1. The summed E-state index contributed by atoms with van der Waals surface area (Å²) in [6.07, 6.45) is 2.01. The Morgan fingerprint density at radius 3 is 2.37 bits per heavy atom. The number of benzene rings is 2. The monoisotopic (exact) mass is 358 g/mol. The van der Waals surface area contributed by atoms with E-state index in [4.69, 9.17) is 4.42 Å². The summed E-state index contributed by atoms with van der Waals surface area (Å²) in [5, 5.41) is 0. The molecule has 0 aliphatic heterocycles. The fourth-order valence-corrected chi connectivity index (χ4v) is 2.79. The third kappa shape index (κ3) is 4.17. The quantitative estimate of drug-likeness (QED) is 0.287. The van der Waals surface area contributed by atoms with E-state index in [9.17, 15) is 15.1 Å². The number of carbonyl (C=O) groups excluding carboxylic acids is 1. The van der Waals surface area contributed by atoms with Crippen LogP contribution in [0.2, 0.25) is 0 Å². The minimum absolute atomic E-state index is 0.0773. The molecular weight excluding hydrogens is 340 g/mol. The summed E-state index contributed by atoms with van der Waals surface area (Å²) in [5.41, 5.74) is 10.9. The number of aryl methyl sites for hydroxylation is 1. The third-order valence-corrected chi connectivity index (χ3v) is 4.13. The molecule has 134 valence electrons. The van der Waals surface area contributed by atoms with Gasteiger partial charge in [0.25, 0.3) is 5.78 Å². The van der Waals surface area contributed by atoms with Crippen molar-refractivity contribution < 1.29 is 14.0 Å².